The van der Waals surface area contributed by atoms with E-state index in [1.165, 1.54) is 0 Å². The lowest BCUT2D eigenvalue weighted by molar-refractivity contribution is -0.139. The highest BCUT2D eigenvalue weighted by molar-refractivity contribution is 6.09. The van der Waals surface area contributed by atoms with Gasteiger partial charge in [0.05, 0.1) is 0 Å². The zero-order valence-electron chi connectivity index (χ0n) is 12.7. The van der Waals surface area contributed by atoms with Crippen LogP contribution < -0.4 is 11.1 Å². The van der Waals surface area contributed by atoms with Gasteiger partial charge in [-0.25, -0.2) is 4.79 Å². The van der Waals surface area contributed by atoms with E-state index in [9.17, 15) is 14.4 Å². The zero-order valence-corrected chi connectivity index (χ0v) is 13.5. The Balaban J connectivity index is 0.00000176. The second kappa shape index (κ2) is 6.04. The lowest BCUT2D eigenvalue weighted by Gasteiger charge is -2.26. The van der Waals surface area contributed by atoms with Crippen LogP contribution in [-0.2, 0) is 9.59 Å². The van der Waals surface area contributed by atoms with Crippen LogP contribution in [0.4, 0.5) is 4.79 Å². The van der Waals surface area contributed by atoms with Gasteiger partial charge in [0.15, 0.2) is 0 Å². The Bertz CT molecular complexity index is 496. The first kappa shape index (κ1) is 17.0. The summed E-state index contributed by atoms with van der Waals surface area (Å²) < 4.78 is 0. The van der Waals surface area contributed by atoms with Gasteiger partial charge < -0.3 is 16.0 Å². The van der Waals surface area contributed by atoms with Gasteiger partial charge in [0.25, 0.3) is 5.91 Å². The van der Waals surface area contributed by atoms with Crippen molar-refractivity contribution < 1.29 is 14.4 Å². The van der Waals surface area contributed by atoms with Crippen molar-refractivity contribution in [1.29, 1.82) is 0 Å². The molecule has 0 spiro atoms. The summed E-state index contributed by atoms with van der Waals surface area (Å²) >= 11 is 0. The Morgan fingerprint density at radius 3 is 2.64 bits per heavy atom. The standard InChI is InChI=1S/C14H22N4O3.ClH/c1-14(9-4-5-9)12(20)18(13(21)16-14)8-11(19)17-6-2-3-10(17)7-15;/h9-10H,2-8,15H2,1H3,(H,16,21);1H. The summed E-state index contributed by atoms with van der Waals surface area (Å²) in [4.78, 5) is 39.6. The SMILES string of the molecule is CC1(C2CC2)NC(=O)N(CC(=O)N2CCCC2CN)C1=O.Cl. The molecule has 124 valence electrons. The van der Waals surface area contributed by atoms with E-state index in [2.05, 4.69) is 5.32 Å². The van der Waals surface area contributed by atoms with Gasteiger partial charge >= 0.3 is 6.03 Å². The molecule has 2 heterocycles. The molecule has 1 aliphatic carbocycles. The fraction of sp³-hybridized carbons (Fsp3) is 0.786. The van der Waals surface area contributed by atoms with Crippen molar-refractivity contribution in [2.75, 3.05) is 19.6 Å². The molecule has 2 aliphatic heterocycles. The van der Waals surface area contributed by atoms with Crippen LogP contribution in [0, 0.1) is 5.92 Å². The number of nitrogens with one attached hydrogen (secondary N) is 1. The van der Waals surface area contributed by atoms with Crippen molar-refractivity contribution in [3.8, 4) is 0 Å². The molecule has 3 rings (SSSR count). The van der Waals surface area contributed by atoms with Crippen molar-refractivity contribution in [3.63, 3.8) is 0 Å². The minimum Gasteiger partial charge on any atom is -0.337 e. The average Bonchev–Trinajstić information content (AvgIpc) is 3.16. The van der Waals surface area contributed by atoms with Crippen molar-refractivity contribution in [3.05, 3.63) is 0 Å². The predicted molar refractivity (Wildman–Crippen MR) is 82.4 cm³/mol. The largest absolute Gasteiger partial charge is 0.337 e. The van der Waals surface area contributed by atoms with E-state index in [1.807, 2.05) is 0 Å². The summed E-state index contributed by atoms with van der Waals surface area (Å²) in [6.07, 6.45) is 3.72. The van der Waals surface area contributed by atoms with E-state index in [1.54, 1.807) is 11.8 Å². The lowest BCUT2D eigenvalue weighted by Crippen LogP contribution is -2.48. The number of carbonyl (C=O) groups excluding carboxylic acids is 3. The van der Waals surface area contributed by atoms with Gasteiger partial charge in [-0.3, -0.25) is 14.5 Å². The minimum absolute atomic E-state index is 0. The van der Waals surface area contributed by atoms with Gasteiger partial charge in [0.2, 0.25) is 5.91 Å². The van der Waals surface area contributed by atoms with Crippen molar-refractivity contribution >= 4 is 30.3 Å². The number of hydrogen-bond donors (Lipinski definition) is 2. The van der Waals surface area contributed by atoms with Crippen LogP contribution >= 0.6 is 12.4 Å². The third kappa shape index (κ3) is 2.67. The van der Waals surface area contributed by atoms with Gasteiger partial charge in [-0.15, -0.1) is 12.4 Å². The summed E-state index contributed by atoms with van der Waals surface area (Å²) in [6, 6.07) is -0.417. The number of rotatable bonds is 4. The molecular weight excluding hydrogens is 308 g/mol. The predicted octanol–water partition coefficient (Wildman–Crippen LogP) is 0.0784. The number of urea groups is 1. The van der Waals surface area contributed by atoms with Gasteiger partial charge in [0, 0.05) is 19.1 Å². The summed E-state index contributed by atoms with van der Waals surface area (Å²) in [5.41, 5.74) is 4.84. The molecule has 0 aromatic heterocycles. The van der Waals surface area contributed by atoms with Crippen molar-refractivity contribution in [2.24, 2.45) is 11.7 Å². The maximum absolute atomic E-state index is 12.5. The number of amides is 4. The lowest BCUT2D eigenvalue weighted by atomic mass is 9.96. The van der Waals surface area contributed by atoms with Crippen molar-refractivity contribution in [1.82, 2.24) is 15.1 Å². The molecule has 0 aromatic rings. The highest BCUT2D eigenvalue weighted by Crippen LogP contribution is 2.42. The summed E-state index contributed by atoms with van der Waals surface area (Å²) in [6.45, 7) is 2.66. The van der Waals surface area contributed by atoms with Gasteiger partial charge in [-0.1, -0.05) is 0 Å². The molecule has 0 aromatic carbocycles. The van der Waals surface area contributed by atoms with E-state index < -0.39 is 11.6 Å². The Hall–Kier alpha value is -1.34. The minimum atomic E-state index is -0.824. The molecule has 3 aliphatic rings. The van der Waals surface area contributed by atoms with E-state index >= 15 is 0 Å². The number of hydrogen-bond acceptors (Lipinski definition) is 4. The number of nitrogens with zero attached hydrogens (tertiary/aromatic N) is 2. The van der Waals surface area contributed by atoms with Crippen LogP contribution in [0.2, 0.25) is 0 Å². The van der Waals surface area contributed by atoms with Gasteiger partial charge in [0.1, 0.15) is 12.1 Å². The number of imide groups is 1. The summed E-state index contributed by atoms with van der Waals surface area (Å²) in [7, 11) is 0. The molecule has 7 nitrogen and oxygen atoms in total. The fourth-order valence-corrected chi connectivity index (χ4v) is 3.43. The number of carbonyl (C=O) groups is 3. The summed E-state index contributed by atoms with van der Waals surface area (Å²) in [5.74, 6) is -0.254. The highest BCUT2D eigenvalue weighted by Gasteiger charge is 2.56. The molecule has 2 saturated heterocycles. The van der Waals surface area contributed by atoms with Crippen molar-refractivity contribution in [2.45, 2.75) is 44.2 Å². The molecule has 8 heteroatoms. The molecular formula is C14H23ClN4O3. The number of nitrogens with two attached hydrogens (primary N) is 1. The molecule has 1 saturated carbocycles. The first-order valence-electron chi connectivity index (χ1n) is 7.61. The first-order chi connectivity index (χ1) is 9.97. The Kier molecular flexibility index (Phi) is 4.67. The van der Waals surface area contributed by atoms with Crippen LogP contribution in [0.15, 0.2) is 0 Å². The third-order valence-electron chi connectivity index (χ3n) is 4.96. The maximum Gasteiger partial charge on any atom is 0.325 e. The van der Waals surface area contributed by atoms with E-state index in [0.717, 1.165) is 30.6 Å². The van der Waals surface area contributed by atoms with Crippen LogP contribution in [0.1, 0.15) is 32.6 Å². The molecule has 0 bridgehead atoms. The number of likely N-dealkylation sites (tertiary alicyclic amines) is 1. The average molecular weight is 331 g/mol. The highest BCUT2D eigenvalue weighted by atomic mass is 35.5. The second-order valence-corrected chi connectivity index (χ2v) is 6.42. The van der Waals surface area contributed by atoms with Gasteiger partial charge in [-0.05, 0) is 38.5 Å². The van der Waals surface area contributed by atoms with Crippen LogP contribution in [0.5, 0.6) is 0 Å². The third-order valence-corrected chi connectivity index (χ3v) is 4.96. The smallest absolute Gasteiger partial charge is 0.325 e. The Morgan fingerprint density at radius 2 is 2.05 bits per heavy atom. The zero-order chi connectivity index (χ0) is 15.2. The van der Waals surface area contributed by atoms with Crippen LogP contribution in [-0.4, -0.2) is 58.9 Å². The summed E-state index contributed by atoms with van der Waals surface area (Å²) in [5, 5.41) is 2.76. The van der Waals surface area contributed by atoms with Crippen LogP contribution in [0.25, 0.3) is 0 Å². The quantitative estimate of drug-likeness (QED) is 0.713. The first-order valence-corrected chi connectivity index (χ1v) is 7.61. The monoisotopic (exact) mass is 330 g/mol. The molecule has 2 atom stereocenters. The van der Waals surface area contributed by atoms with E-state index in [4.69, 9.17) is 5.73 Å². The fourth-order valence-electron chi connectivity index (χ4n) is 3.43. The molecule has 22 heavy (non-hydrogen) atoms. The maximum atomic E-state index is 12.5. The topological polar surface area (TPSA) is 95.7 Å². The molecule has 4 amide bonds. The number of halogens is 1. The van der Waals surface area contributed by atoms with Gasteiger partial charge in [-0.2, -0.15) is 0 Å². The van der Waals surface area contributed by atoms with Crippen LogP contribution in [0.3, 0.4) is 0 Å². The Morgan fingerprint density at radius 1 is 1.36 bits per heavy atom. The molecule has 3 fully saturated rings. The van der Waals surface area contributed by atoms with E-state index in [0.29, 0.717) is 13.1 Å². The normalized spacial score (nSPS) is 31.3. The molecule has 2 unspecified atom stereocenters. The second-order valence-electron chi connectivity index (χ2n) is 6.42. The molecule has 0 radical (unpaired) electrons. The van der Waals surface area contributed by atoms with E-state index in [-0.39, 0.29) is 42.7 Å². The molecule has 3 N–H and O–H groups in total. The Labute approximate surface area is 136 Å².